The lowest BCUT2D eigenvalue weighted by Crippen LogP contribution is -2.30. The highest BCUT2D eigenvalue weighted by Crippen LogP contribution is 2.27. The first kappa shape index (κ1) is 17.5. The second-order valence-electron chi connectivity index (χ2n) is 5.80. The molecule has 3 rings (SSSR count). The van der Waals surface area contributed by atoms with Crippen molar-refractivity contribution in [3.8, 4) is 0 Å². The van der Waals surface area contributed by atoms with E-state index >= 15 is 0 Å². The first-order valence-corrected chi connectivity index (χ1v) is 8.68. The van der Waals surface area contributed by atoms with E-state index < -0.39 is 0 Å². The Labute approximate surface area is 157 Å². The standard InChI is InChI=1S/C21H17Cl2NO/c1-14-7-5-6-10-17(14)20(15-8-3-2-4-9-15)24-21(25)18-12-11-16(22)13-19(18)23/h2-13,20H,1H3,(H,24,25). The molecule has 0 radical (unpaired) electrons. The summed E-state index contributed by atoms with van der Waals surface area (Å²) in [7, 11) is 0. The summed E-state index contributed by atoms with van der Waals surface area (Å²) in [5.74, 6) is -0.237. The van der Waals surface area contributed by atoms with Gasteiger partial charge in [0.1, 0.15) is 0 Å². The third-order valence-corrected chi connectivity index (χ3v) is 4.63. The van der Waals surface area contributed by atoms with Crippen LogP contribution in [-0.2, 0) is 0 Å². The van der Waals surface area contributed by atoms with Crippen LogP contribution in [0, 0.1) is 6.92 Å². The molecule has 126 valence electrons. The summed E-state index contributed by atoms with van der Waals surface area (Å²) in [4.78, 5) is 12.8. The lowest BCUT2D eigenvalue weighted by molar-refractivity contribution is 0.0943. The predicted octanol–water partition coefficient (Wildman–Crippen LogP) is 5.82. The molecule has 0 aliphatic heterocycles. The normalized spacial score (nSPS) is 11.8. The molecule has 4 heteroatoms. The predicted molar refractivity (Wildman–Crippen MR) is 103 cm³/mol. The number of carbonyl (C=O) groups excluding carboxylic acids is 1. The molecule has 0 aromatic heterocycles. The van der Waals surface area contributed by atoms with Crippen LogP contribution in [0.4, 0.5) is 0 Å². The number of carbonyl (C=O) groups is 1. The van der Waals surface area contributed by atoms with Crippen LogP contribution in [0.2, 0.25) is 10.0 Å². The molecule has 1 unspecified atom stereocenters. The van der Waals surface area contributed by atoms with Crippen molar-refractivity contribution in [2.24, 2.45) is 0 Å². The van der Waals surface area contributed by atoms with Crippen LogP contribution in [0.1, 0.15) is 33.1 Å². The van der Waals surface area contributed by atoms with Gasteiger partial charge in [0.15, 0.2) is 0 Å². The van der Waals surface area contributed by atoms with Gasteiger partial charge >= 0.3 is 0 Å². The number of amides is 1. The largest absolute Gasteiger partial charge is 0.341 e. The Morgan fingerprint density at radius 2 is 1.60 bits per heavy atom. The summed E-state index contributed by atoms with van der Waals surface area (Å²) in [6.07, 6.45) is 0. The van der Waals surface area contributed by atoms with Crippen molar-refractivity contribution in [2.45, 2.75) is 13.0 Å². The fraction of sp³-hybridized carbons (Fsp3) is 0.0952. The summed E-state index contributed by atoms with van der Waals surface area (Å²) in [5, 5.41) is 3.94. The quantitative estimate of drug-likeness (QED) is 0.616. The minimum atomic E-state index is -0.262. The van der Waals surface area contributed by atoms with Crippen LogP contribution >= 0.6 is 23.2 Å². The van der Waals surface area contributed by atoms with Crippen LogP contribution in [0.15, 0.2) is 72.8 Å². The molecular weight excluding hydrogens is 353 g/mol. The van der Waals surface area contributed by atoms with Crippen LogP contribution in [0.25, 0.3) is 0 Å². The third-order valence-electron chi connectivity index (χ3n) is 4.08. The summed E-state index contributed by atoms with van der Waals surface area (Å²) in [6.45, 7) is 2.03. The van der Waals surface area contributed by atoms with E-state index in [4.69, 9.17) is 23.2 Å². The minimum absolute atomic E-state index is 0.237. The monoisotopic (exact) mass is 369 g/mol. The van der Waals surface area contributed by atoms with E-state index in [2.05, 4.69) is 5.32 Å². The zero-order chi connectivity index (χ0) is 17.8. The maximum atomic E-state index is 12.8. The number of hydrogen-bond donors (Lipinski definition) is 1. The van der Waals surface area contributed by atoms with Crippen molar-refractivity contribution in [2.75, 3.05) is 0 Å². The summed E-state index contributed by atoms with van der Waals surface area (Å²) < 4.78 is 0. The molecule has 1 amide bonds. The molecule has 0 saturated carbocycles. The van der Waals surface area contributed by atoms with Crippen LogP contribution in [-0.4, -0.2) is 5.91 Å². The smallest absolute Gasteiger partial charge is 0.253 e. The molecule has 0 aliphatic carbocycles. The lowest BCUT2D eigenvalue weighted by atomic mass is 9.94. The summed E-state index contributed by atoms with van der Waals surface area (Å²) in [6, 6.07) is 22.5. The third kappa shape index (κ3) is 4.04. The molecule has 0 spiro atoms. The molecule has 0 bridgehead atoms. The second kappa shape index (κ2) is 7.73. The number of rotatable bonds is 4. The van der Waals surface area contributed by atoms with Gasteiger partial charge in [-0.3, -0.25) is 4.79 Å². The average molecular weight is 370 g/mol. The van der Waals surface area contributed by atoms with Crippen molar-refractivity contribution in [1.82, 2.24) is 5.32 Å². The zero-order valence-electron chi connectivity index (χ0n) is 13.7. The fourth-order valence-electron chi connectivity index (χ4n) is 2.78. The van der Waals surface area contributed by atoms with Crippen LogP contribution in [0.3, 0.4) is 0 Å². The van der Waals surface area contributed by atoms with Crippen LogP contribution in [0.5, 0.6) is 0 Å². The first-order chi connectivity index (χ1) is 12.1. The van der Waals surface area contributed by atoms with Crippen molar-refractivity contribution in [1.29, 1.82) is 0 Å². The lowest BCUT2D eigenvalue weighted by Gasteiger charge is -2.22. The van der Waals surface area contributed by atoms with Gasteiger partial charge in [-0.2, -0.15) is 0 Å². The van der Waals surface area contributed by atoms with Gasteiger partial charge in [0.25, 0.3) is 5.91 Å². The van der Waals surface area contributed by atoms with Crippen molar-refractivity contribution >= 4 is 29.1 Å². The van der Waals surface area contributed by atoms with E-state index in [1.54, 1.807) is 18.2 Å². The molecule has 1 atom stereocenters. The van der Waals surface area contributed by atoms with Gasteiger partial charge in [-0.25, -0.2) is 0 Å². The Balaban J connectivity index is 1.98. The number of nitrogens with one attached hydrogen (secondary N) is 1. The van der Waals surface area contributed by atoms with Crippen LogP contribution < -0.4 is 5.32 Å². The van der Waals surface area contributed by atoms with Gasteiger partial charge in [-0.1, -0.05) is 77.8 Å². The number of benzene rings is 3. The van der Waals surface area contributed by atoms with Gasteiger partial charge in [0, 0.05) is 5.02 Å². The molecule has 0 aliphatic rings. The highest BCUT2D eigenvalue weighted by Gasteiger charge is 2.20. The van der Waals surface area contributed by atoms with Gasteiger partial charge in [0.05, 0.1) is 16.6 Å². The van der Waals surface area contributed by atoms with E-state index in [1.165, 1.54) is 0 Å². The minimum Gasteiger partial charge on any atom is -0.341 e. The molecule has 0 heterocycles. The van der Waals surface area contributed by atoms with Gasteiger partial charge in [0.2, 0.25) is 0 Å². The highest BCUT2D eigenvalue weighted by atomic mass is 35.5. The number of halogens is 2. The molecular formula is C21H17Cl2NO. The molecule has 0 saturated heterocycles. The molecule has 2 nitrogen and oxygen atoms in total. The van der Waals surface area contributed by atoms with E-state index in [-0.39, 0.29) is 11.9 Å². The van der Waals surface area contributed by atoms with E-state index in [0.29, 0.717) is 15.6 Å². The summed E-state index contributed by atoms with van der Waals surface area (Å²) in [5.41, 5.74) is 3.57. The zero-order valence-corrected chi connectivity index (χ0v) is 15.2. The van der Waals surface area contributed by atoms with Crippen molar-refractivity contribution in [3.05, 3.63) is 105 Å². The Kier molecular flexibility index (Phi) is 5.42. The number of aryl methyl sites for hydroxylation is 1. The fourth-order valence-corrected chi connectivity index (χ4v) is 3.27. The molecule has 3 aromatic carbocycles. The van der Waals surface area contributed by atoms with Gasteiger partial charge < -0.3 is 5.32 Å². The van der Waals surface area contributed by atoms with E-state index in [9.17, 15) is 4.79 Å². The van der Waals surface area contributed by atoms with E-state index in [0.717, 1.165) is 16.7 Å². The Bertz CT molecular complexity index is 893. The van der Waals surface area contributed by atoms with Crippen molar-refractivity contribution in [3.63, 3.8) is 0 Å². The topological polar surface area (TPSA) is 29.1 Å². The molecule has 0 fully saturated rings. The van der Waals surface area contributed by atoms with Crippen molar-refractivity contribution < 1.29 is 4.79 Å². The number of hydrogen-bond acceptors (Lipinski definition) is 1. The van der Waals surface area contributed by atoms with Gasteiger partial charge in [-0.05, 0) is 41.8 Å². The molecule has 1 N–H and O–H groups in total. The maximum absolute atomic E-state index is 12.8. The van der Waals surface area contributed by atoms with E-state index in [1.807, 2.05) is 61.5 Å². The SMILES string of the molecule is Cc1ccccc1C(NC(=O)c1ccc(Cl)cc1Cl)c1ccccc1. The Morgan fingerprint density at radius 1 is 0.920 bits per heavy atom. The Morgan fingerprint density at radius 3 is 2.28 bits per heavy atom. The second-order valence-corrected chi connectivity index (χ2v) is 6.64. The molecule has 3 aromatic rings. The summed E-state index contributed by atoms with van der Waals surface area (Å²) >= 11 is 12.1. The molecule has 25 heavy (non-hydrogen) atoms. The van der Waals surface area contributed by atoms with Gasteiger partial charge in [-0.15, -0.1) is 0 Å². The highest BCUT2D eigenvalue weighted by molar-refractivity contribution is 6.36. The first-order valence-electron chi connectivity index (χ1n) is 7.92. The maximum Gasteiger partial charge on any atom is 0.253 e. The Hall–Kier alpha value is -2.29. The average Bonchev–Trinajstić information content (AvgIpc) is 2.61.